The summed E-state index contributed by atoms with van der Waals surface area (Å²) in [5.41, 5.74) is 4.25. The van der Waals surface area contributed by atoms with E-state index in [0.717, 1.165) is 35.5 Å². The summed E-state index contributed by atoms with van der Waals surface area (Å²) < 4.78 is 91.9. The number of ether oxygens (including phenoxy) is 3. The molecule has 3 aromatic carbocycles. The Morgan fingerprint density at radius 2 is 0.644 bits per heavy atom. The zero-order chi connectivity index (χ0) is 34.3. The van der Waals surface area contributed by atoms with E-state index in [2.05, 4.69) is 0 Å². The number of fused-ring (bicyclic) bond motifs is 3. The third-order valence-corrected chi connectivity index (χ3v) is 10.2. The first kappa shape index (κ1) is 39.2. The second kappa shape index (κ2) is 16.3. The van der Waals surface area contributed by atoms with Gasteiger partial charge < -0.3 is 14.2 Å². The summed E-state index contributed by atoms with van der Waals surface area (Å²) in [5, 5.41) is 0.389. The molecule has 250 valence electrons. The molecule has 0 heterocycles. The van der Waals surface area contributed by atoms with E-state index in [9.17, 15) is 25.3 Å². The number of benzene rings is 3. The Labute approximate surface area is 285 Å². The van der Waals surface area contributed by atoms with Crippen LogP contribution in [-0.4, -0.2) is 76.0 Å². The largest absolute Gasteiger partial charge is 0.495 e. The number of alkyl halides is 4. The van der Waals surface area contributed by atoms with Crippen molar-refractivity contribution in [3.63, 3.8) is 0 Å². The van der Waals surface area contributed by atoms with Gasteiger partial charge in [0.15, 0.2) is 29.5 Å². The van der Waals surface area contributed by atoms with Gasteiger partial charge in [-0.05, 0) is 89.0 Å². The molecule has 1 aliphatic carbocycles. The minimum Gasteiger partial charge on any atom is -0.495 e. The van der Waals surface area contributed by atoms with Crippen LogP contribution in [0.2, 0.25) is 0 Å². The highest BCUT2D eigenvalue weighted by atomic mass is 35.5. The summed E-state index contributed by atoms with van der Waals surface area (Å²) in [7, 11) is -6.77. The Kier molecular flexibility index (Phi) is 14.2. The number of rotatable bonds is 6. The molecule has 3 aromatic rings. The highest BCUT2D eigenvalue weighted by Gasteiger charge is 2.26. The lowest BCUT2D eigenvalue weighted by Crippen LogP contribution is -2.07. The first-order valence-corrected chi connectivity index (χ1v) is 20.6. The zero-order valence-electron chi connectivity index (χ0n) is 25.4. The first-order chi connectivity index (χ1) is 20.9. The molecule has 0 saturated heterocycles. The molecule has 1 aliphatic rings. The summed E-state index contributed by atoms with van der Waals surface area (Å²) in [6, 6.07) is 9.68. The third kappa shape index (κ3) is 10.0. The lowest BCUT2D eigenvalue weighted by atomic mass is 9.94. The molecule has 4 rings (SSSR count). The fraction of sp³-hybridized carbons (Fsp3) is 0.379. The molecular formula is C29H34Cl4O9S3. The molecular weight excluding hydrogens is 730 g/mol. The Hall–Kier alpha value is -1.93. The van der Waals surface area contributed by atoms with Crippen LogP contribution in [0.15, 0.2) is 51.1 Å². The van der Waals surface area contributed by atoms with Gasteiger partial charge in [-0.1, -0.05) is 0 Å². The quantitative estimate of drug-likeness (QED) is 0.222. The van der Waals surface area contributed by atoms with E-state index < -0.39 is 29.5 Å². The average Bonchev–Trinajstić information content (AvgIpc) is 2.99. The van der Waals surface area contributed by atoms with Crippen molar-refractivity contribution in [2.45, 2.75) is 33.9 Å². The van der Waals surface area contributed by atoms with E-state index in [1.54, 1.807) is 36.4 Å². The Morgan fingerprint density at radius 3 is 0.800 bits per heavy atom. The van der Waals surface area contributed by atoms with Gasteiger partial charge in [-0.2, -0.15) is 0 Å². The molecule has 0 aromatic heterocycles. The number of halogens is 4. The van der Waals surface area contributed by atoms with E-state index in [1.807, 2.05) is 0 Å². The summed E-state index contributed by atoms with van der Waals surface area (Å²) >= 11 is 19.1. The van der Waals surface area contributed by atoms with E-state index >= 15 is 0 Å². The zero-order valence-corrected chi connectivity index (χ0v) is 30.9. The minimum absolute atomic E-state index is 0.0241. The van der Waals surface area contributed by atoms with Crippen LogP contribution < -0.4 is 14.2 Å². The van der Waals surface area contributed by atoms with Gasteiger partial charge in [0, 0.05) is 18.8 Å². The monoisotopic (exact) mass is 762 g/mol. The number of hydrogen-bond donors (Lipinski definition) is 0. The van der Waals surface area contributed by atoms with Gasteiger partial charge in [0.25, 0.3) is 0 Å². The Balaban J connectivity index is 0.00000109. The molecule has 0 atom stereocenters. The molecule has 16 heteroatoms. The van der Waals surface area contributed by atoms with Crippen LogP contribution in [0.4, 0.5) is 0 Å². The topological polar surface area (TPSA) is 130 Å². The molecule has 0 unspecified atom stereocenters. The number of sulfone groups is 3. The van der Waals surface area contributed by atoms with Crippen molar-refractivity contribution in [2.75, 3.05) is 50.8 Å². The van der Waals surface area contributed by atoms with E-state index in [1.165, 1.54) is 21.3 Å². The summed E-state index contributed by atoms with van der Waals surface area (Å²) in [5.74, 6) is 0.539. The van der Waals surface area contributed by atoms with E-state index in [0.29, 0.717) is 16.7 Å². The highest BCUT2D eigenvalue weighted by molar-refractivity contribution is 7.91. The fourth-order valence-electron chi connectivity index (χ4n) is 4.88. The number of hydrogen-bond acceptors (Lipinski definition) is 9. The molecule has 0 aliphatic heterocycles. The first-order valence-electron chi connectivity index (χ1n) is 12.8. The van der Waals surface area contributed by atoms with Gasteiger partial charge in [-0.3, -0.25) is 0 Å². The maximum Gasteiger partial charge on any atom is 0.179 e. The normalized spacial score (nSPS) is 12.7. The summed E-state index contributed by atoms with van der Waals surface area (Å²) in [6.07, 6.45) is 4.13. The Morgan fingerprint density at radius 1 is 0.467 bits per heavy atom. The SMILES string of the molecule is COc1cc2c(cc1S(C)(=O)=O)Cc1cc(OC)c(S(C)(=O)=O)cc1Cc1cc(OC)c(S(C)(=O)=O)cc1C2.ClCCl.ClCCl. The molecule has 0 bridgehead atoms. The van der Waals surface area contributed by atoms with Crippen molar-refractivity contribution in [3.8, 4) is 17.2 Å². The smallest absolute Gasteiger partial charge is 0.179 e. The molecule has 0 amide bonds. The van der Waals surface area contributed by atoms with Gasteiger partial charge in [0.2, 0.25) is 0 Å². The van der Waals surface area contributed by atoms with Crippen LogP contribution in [0.5, 0.6) is 17.2 Å². The maximum atomic E-state index is 12.6. The van der Waals surface area contributed by atoms with Crippen molar-refractivity contribution in [1.29, 1.82) is 0 Å². The number of methoxy groups -OCH3 is 3. The molecule has 0 spiro atoms. The van der Waals surface area contributed by atoms with Crippen molar-refractivity contribution in [2.24, 2.45) is 0 Å². The maximum absolute atomic E-state index is 12.6. The van der Waals surface area contributed by atoms with Crippen LogP contribution in [0.25, 0.3) is 0 Å². The highest BCUT2D eigenvalue weighted by Crippen LogP contribution is 2.38. The van der Waals surface area contributed by atoms with Crippen LogP contribution in [0, 0.1) is 0 Å². The van der Waals surface area contributed by atoms with Crippen LogP contribution in [0.1, 0.15) is 33.4 Å². The molecule has 0 N–H and O–H groups in total. The van der Waals surface area contributed by atoms with E-state index in [-0.39, 0.29) is 61.9 Å². The average molecular weight is 765 g/mol. The summed E-state index contributed by atoms with van der Waals surface area (Å²) in [6.45, 7) is 0. The van der Waals surface area contributed by atoms with Crippen LogP contribution in [-0.2, 0) is 48.8 Å². The van der Waals surface area contributed by atoms with Crippen molar-refractivity contribution < 1.29 is 39.5 Å². The van der Waals surface area contributed by atoms with Crippen LogP contribution in [0.3, 0.4) is 0 Å². The van der Waals surface area contributed by atoms with Crippen molar-refractivity contribution in [1.82, 2.24) is 0 Å². The van der Waals surface area contributed by atoms with Gasteiger partial charge in [0.1, 0.15) is 31.9 Å². The molecule has 0 saturated carbocycles. The fourth-order valence-corrected chi connectivity index (χ4v) is 7.48. The van der Waals surface area contributed by atoms with Crippen molar-refractivity contribution in [3.05, 3.63) is 69.8 Å². The van der Waals surface area contributed by atoms with Gasteiger partial charge >= 0.3 is 0 Å². The Bertz CT molecular complexity index is 1650. The molecule has 45 heavy (non-hydrogen) atoms. The molecule has 0 radical (unpaired) electrons. The second-order valence-corrected chi connectivity index (χ2v) is 17.4. The van der Waals surface area contributed by atoms with Gasteiger partial charge in [0.05, 0.1) is 32.0 Å². The standard InChI is InChI=1S/C27H30O9S3.2CH2Cl2/c1-34-22-10-16-7-20-14-26(38(5,30)31)24(36-3)12-18(20)9-21-15-27(39(6,32)33)23(35-2)11-17(21)8-19(16)13-25(22)37(4,28)29;2*2-1-3/h10-15H,7-9H2,1-6H3;2*1H2. The predicted molar refractivity (Wildman–Crippen MR) is 180 cm³/mol. The lowest BCUT2D eigenvalue weighted by Gasteiger charge is -2.17. The lowest BCUT2D eigenvalue weighted by molar-refractivity contribution is 0.401. The van der Waals surface area contributed by atoms with Crippen LogP contribution >= 0.6 is 46.4 Å². The third-order valence-electron chi connectivity index (χ3n) is 6.80. The molecule has 0 fully saturated rings. The van der Waals surface area contributed by atoms with Crippen molar-refractivity contribution >= 4 is 75.9 Å². The van der Waals surface area contributed by atoms with E-state index in [4.69, 9.17) is 60.6 Å². The predicted octanol–water partition coefficient (Wildman–Crippen LogP) is 5.85. The minimum atomic E-state index is -3.65. The molecule has 9 nitrogen and oxygen atoms in total. The van der Waals surface area contributed by atoms with Gasteiger partial charge in [-0.15, -0.1) is 46.4 Å². The second-order valence-electron chi connectivity index (χ2n) is 9.86. The summed E-state index contributed by atoms with van der Waals surface area (Å²) in [4.78, 5) is 0.0724. The van der Waals surface area contributed by atoms with Gasteiger partial charge in [-0.25, -0.2) is 25.3 Å².